The lowest BCUT2D eigenvalue weighted by Crippen LogP contribution is -2.43. The summed E-state index contributed by atoms with van der Waals surface area (Å²) >= 11 is 6.06. The van der Waals surface area contributed by atoms with Crippen LogP contribution in [0.4, 0.5) is 23.8 Å². The number of pyridine rings is 1. The summed E-state index contributed by atoms with van der Waals surface area (Å²) in [5, 5.41) is -0.0222. The second kappa shape index (κ2) is 8.12. The molecule has 1 saturated heterocycles. The van der Waals surface area contributed by atoms with Crippen LogP contribution < -0.4 is 4.90 Å². The number of ether oxygens (including phenoxy) is 1. The largest absolute Gasteiger partial charge is 0.444 e. The SMILES string of the molecule is CN(CC1CCCN(c2ncc(C(F)(F)F)cc2Cl)C1)C(=O)OC(C)(C)C. The van der Waals surface area contributed by atoms with Crippen molar-refractivity contribution in [2.24, 2.45) is 5.92 Å². The van der Waals surface area contributed by atoms with Gasteiger partial charge in [0, 0.05) is 32.9 Å². The highest BCUT2D eigenvalue weighted by Gasteiger charge is 2.33. The maximum atomic E-state index is 12.8. The maximum Gasteiger partial charge on any atom is 0.417 e. The summed E-state index contributed by atoms with van der Waals surface area (Å²) in [5.74, 6) is 0.491. The molecule has 0 aromatic carbocycles. The minimum atomic E-state index is -4.48. The second-order valence-corrected chi connectivity index (χ2v) is 8.25. The fraction of sp³-hybridized carbons (Fsp3) is 0.667. The van der Waals surface area contributed by atoms with Gasteiger partial charge >= 0.3 is 12.3 Å². The summed E-state index contributed by atoms with van der Waals surface area (Å²) in [7, 11) is 1.68. The molecule has 1 aromatic rings. The highest BCUT2D eigenvalue weighted by atomic mass is 35.5. The van der Waals surface area contributed by atoms with Gasteiger partial charge in [-0.2, -0.15) is 13.2 Å². The van der Waals surface area contributed by atoms with Crippen molar-refractivity contribution in [3.8, 4) is 0 Å². The molecule has 0 saturated carbocycles. The summed E-state index contributed by atoms with van der Waals surface area (Å²) < 4.78 is 43.7. The number of halogens is 4. The van der Waals surface area contributed by atoms with Crippen LogP contribution in [0.5, 0.6) is 0 Å². The number of nitrogens with zero attached hydrogens (tertiary/aromatic N) is 3. The van der Waals surface area contributed by atoms with E-state index in [1.807, 2.05) is 4.90 Å². The third-order valence-corrected chi connectivity index (χ3v) is 4.48. The quantitative estimate of drug-likeness (QED) is 0.719. The molecular weight excluding hydrogens is 383 g/mol. The molecule has 0 radical (unpaired) electrons. The summed E-state index contributed by atoms with van der Waals surface area (Å²) in [6, 6.07) is 0.903. The fourth-order valence-corrected chi connectivity index (χ4v) is 3.31. The molecule has 1 unspecified atom stereocenters. The van der Waals surface area contributed by atoms with Crippen LogP contribution in [0.15, 0.2) is 12.3 Å². The monoisotopic (exact) mass is 407 g/mol. The van der Waals surface area contributed by atoms with Crippen LogP contribution in [0.2, 0.25) is 5.02 Å². The van der Waals surface area contributed by atoms with E-state index in [0.717, 1.165) is 25.1 Å². The summed E-state index contributed by atoms with van der Waals surface area (Å²) in [5.41, 5.74) is -1.43. The number of rotatable bonds is 3. The van der Waals surface area contributed by atoms with E-state index in [0.29, 0.717) is 25.5 Å². The Hall–Kier alpha value is -1.70. The molecule has 1 aliphatic rings. The van der Waals surface area contributed by atoms with Crippen molar-refractivity contribution in [3.05, 3.63) is 22.8 Å². The highest BCUT2D eigenvalue weighted by molar-refractivity contribution is 6.33. The number of amides is 1. The van der Waals surface area contributed by atoms with Gasteiger partial charge in [0.2, 0.25) is 0 Å². The molecule has 0 spiro atoms. The molecule has 1 aliphatic heterocycles. The van der Waals surface area contributed by atoms with Crippen molar-refractivity contribution >= 4 is 23.5 Å². The topological polar surface area (TPSA) is 45.7 Å². The van der Waals surface area contributed by atoms with Crippen molar-refractivity contribution in [2.75, 3.05) is 31.6 Å². The normalized spacial score (nSPS) is 18.4. The average Bonchev–Trinajstić information content (AvgIpc) is 2.52. The minimum absolute atomic E-state index is 0.0222. The first-order chi connectivity index (χ1) is 12.4. The van der Waals surface area contributed by atoms with E-state index in [1.54, 1.807) is 27.8 Å². The number of piperidine rings is 1. The van der Waals surface area contributed by atoms with E-state index in [4.69, 9.17) is 16.3 Å². The third kappa shape index (κ3) is 6.16. The Labute approximate surface area is 162 Å². The van der Waals surface area contributed by atoms with Crippen LogP contribution in [0.25, 0.3) is 0 Å². The van der Waals surface area contributed by atoms with Gasteiger partial charge in [0.1, 0.15) is 11.4 Å². The number of aromatic nitrogens is 1. The first-order valence-electron chi connectivity index (χ1n) is 8.78. The highest BCUT2D eigenvalue weighted by Crippen LogP contribution is 2.34. The van der Waals surface area contributed by atoms with Crippen LogP contribution >= 0.6 is 11.6 Å². The van der Waals surface area contributed by atoms with Gasteiger partial charge in [0.05, 0.1) is 10.6 Å². The Morgan fingerprint density at radius 1 is 1.41 bits per heavy atom. The van der Waals surface area contributed by atoms with E-state index >= 15 is 0 Å². The van der Waals surface area contributed by atoms with E-state index in [-0.39, 0.29) is 10.9 Å². The molecule has 9 heteroatoms. The van der Waals surface area contributed by atoms with E-state index in [1.165, 1.54) is 4.90 Å². The number of carbonyl (C=O) groups is 1. The summed E-state index contributed by atoms with van der Waals surface area (Å²) in [6.07, 6.45) is -2.33. The Balaban J connectivity index is 2.03. The Bertz CT molecular complexity index is 677. The number of hydrogen-bond acceptors (Lipinski definition) is 4. The molecule has 152 valence electrons. The summed E-state index contributed by atoms with van der Waals surface area (Å²) in [4.78, 5) is 19.5. The second-order valence-electron chi connectivity index (χ2n) is 7.84. The van der Waals surface area contributed by atoms with Crippen LogP contribution in [0, 0.1) is 5.92 Å². The first kappa shape index (κ1) is 21.6. The van der Waals surface area contributed by atoms with Gasteiger partial charge in [0.15, 0.2) is 0 Å². The number of carbonyl (C=O) groups excluding carboxylic acids is 1. The summed E-state index contributed by atoms with van der Waals surface area (Å²) in [6.45, 7) is 7.12. The van der Waals surface area contributed by atoms with Crippen LogP contribution in [-0.4, -0.2) is 48.3 Å². The Morgan fingerprint density at radius 3 is 2.63 bits per heavy atom. The van der Waals surface area contributed by atoms with Crippen molar-refractivity contribution in [2.45, 2.75) is 45.4 Å². The fourth-order valence-electron chi connectivity index (χ4n) is 3.03. The number of hydrogen-bond donors (Lipinski definition) is 0. The number of alkyl halides is 3. The van der Waals surface area contributed by atoms with E-state index in [2.05, 4.69) is 4.98 Å². The molecule has 2 rings (SSSR count). The lowest BCUT2D eigenvalue weighted by atomic mass is 9.97. The smallest absolute Gasteiger partial charge is 0.417 e. The number of anilines is 1. The molecule has 2 heterocycles. The average molecular weight is 408 g/mol. The van der Waals surface area contributed by atoms with Crippen LogP contribution in [0.3, 0.4) is 0 Å². The molecule has 0 aliphatic carbocycles. The standard InChI is InChI=1S/C18H25ClF3N3O2/c1-17(2,3)27-16(26)24(4)10-12-6-5-7-25(11-12)15-14(19)8-13(9-23-15)18(20,21)22/h8-9,12H,5-7,10-11H2,1-4H3. The molecule has 0 bridgehead atoms. The maximum absolute atomic E-state index is 12.8. The molecule has 1 atom stereocenters. The predicted molar refractivity (Wildman–Crippen MR) is 98.1 cm³/mol. The molecule has 1 fully saturated rings. The van der Waals surface area contributed by atoms with Crippen molar-refractivity contribution in [3.63, 3.8) is 0 Å². The Morgan fingerprint density at radius 2 is 2.07 bits per heavy atom. The first-order valence-corrected chi connectivity index (χ1v) is 9.16. The third-order valence-electron chi connectivity index (χ3n) is 4.20. The molecule has 5 nitrogen and oxygen atoms in total. The molecule has 0 N–H and O–H groups in total. The van der Waals surface area contributed by atoms with Gasteiger partial charge < -0.3 is 14.5 Å². The zero-order valence-electron chi connectivity index (χ0n) is 15.9. The van der Waals surface area contributed by atoms with E-state index < -0.39 is 23.4 Å². The van der Waals surface area contributed by atoms with Crippen molar-refractivity contribution in [1.29, 1.82) is 0 Å². The molecule has 27 heavy (non-hydrogen) atoms. The van der Waals surface area contributed by atoms with Crippen LogP contribution in [0.1, 0.15) is 39.2 Å². The lowest BCUT2D eigenvalue weighted by Gasteiger charge is -2.36. The van der Waals surface area contributed by atoms with E-state index in [9.17, 15) is 18.0 Å². The molecule has 1 amide bonds. The van der Waals surface area contributed by atoms with Crippen molar-refractivity contribution in [1.82, 2.24) is 9.88 Å². The Kier molecular flexibility index (Phi) is 6.50. The van der Waals surface area contributed by atoms with Gasteiger partial charge in [-0.1, -0.05) is 11.6 Å². The molecule has 1 aromatic heterocycles. The van der Waals surface area contributed by atoms with Gasteiger partial charge in [-0.05, 0) is 45.6 Å². The van der Waals surface area contributed by atoms with Gasteiger partial charge in [-0.25, -0.2) is 9.78 Å². The van der Waals surface area contributed by atoms with Gasteiger partial charge in [-0.3, -0.25) is 0 Å². The van der Waals surface area contributed by atoms with Crippen molar-refractivity contribution < 1.29 is 22.7 Å². The molecular formula is C18H25ClF3N3O2. The van der Waals surface area contributed by atoms with Gasteiger partial charge in [0.25, 0.3) is 0 Å². The zero-order valence-corrected chi connectivity index (χ0v) is 16.7. The lowest BCUT2D eigenvalue weighted by molar-refractivity contribution is -0.137. The van der Waals surface area contributed by atoms with Crippen LogP contribution in [-0.2, 0) is 10.9 Å². The van der Waals surface area contributed by atoms with Gasteiger partial charge in [-0.15, -0.1) is 0 Å². The predicted octanol–water partition coefficient (Wildman–Crippen LogP) is 4.84. The zero-order chi connectivity index (χ0) is 20.4. The minimum Gasteiger partial charge on any atom is -0.444 e.